The lowest BCUT2D eigenvalue weighted by Crippen LogP contribution is -2.45. The van der Waals surface area contributed by atoms with E-state index in [1.54, 1.807) is 36.4 Å². The van der Waals surface area contributed by atoms with Crippen LogP contribution in [-0.4, -0.2) is 32.7 Å². The van der Waals surface area contributed by atoms with E-state index in [-0.39, 0.29) is 43.0 Å². The summed E-state index contributed by atoms with van der Waals surface area (Å²) in [7, 11) is 0. The highest BCUT2D eigenvalue weighted by Gasteiger charge is 2.30. The molecule has 0 radical (unpaired) electrons. The minimum absolute atomic E-state index is 0.0973. The minimum atomic E-state index is -0.879. The molecule has 2 heterocycles. The van der Waals surface area contributed by atoms with Crippen molar-refractivity contribution in [1.29, 1.82) is 0 Å². The van der Waals surface area contributed by atoms with E-state index in [1.165, 1.54) is 0 Å². The van der Waals surface area contributed by atoms with Crippen LogP contribution in [0.25, 0.3) is 10.9 Å². The van der Waals surface area contributed by atoms with Gasteiger partial charge in [-0.15, -0.1) is 5.10 Å². The molecule has 164 valence electrons. The van der Waals surface area contributed by atoms with Gasteiger partial charge in [-0.25, -0.2) is 0 Å². The first-order valence-corrected chi connectivity index (χ1v) is 10.5. The molecule has 1 unspecified atom stereocenters. The second-order valence-corrected chi connectivity index (χ2v) is 8.19. The Kier molecular flexibility index (Phi) is 6.20. The molecule has 2 aromatic carbocycles. The third kappa shape index (κ3) is 4.63. The van der Waals surface area contributed by atoms with Gasteiger partial charge in [-0.1, -0.05) is 40.5 Å². The average Bonchev–Trinajstić information content (AvgIpc) is 2.75. The molecule has 2 N–H and O–H groups in total. The molecular formula is C21H17Cl2N5O4. The highest BCUT2D eigenvalue weighted by atomic mass is 35.5. The fourth-order valence-electron chi connectivity index (χ4n) is 3.43. The number of hydrogen-bond acceptors (Lipinski definition) is 6. The summed E-state index contributed by atoms with van der Waals surface area (Å²) in [5, 5.41) is 14.1. The minimum Gasteiger partial charge on any atom is -0.352 e. The van der Waals surface area contributed by atoms with Gasteiger partial charge in [0.05, 0.1) is 11.8 Å². The molecule has 9 nitrogen and oxygen atoms in total. The lowest BCUT2D eigenvalue weighted by Gasteiger charge is -2.21. The van der Waals surface area contributed by atoms with Crippen molar-refractivity contribution in [2.45, 2.75) is 31.8 Å². The Labute approximate surface area is 191 Å². The molecule has 1 aromatic heterocycles. The van der Waals surface area contributed by atoms with Gasteiger partial charge in [-0.3, -0.25) is 24.5 Å². The molecule has 0 spiro atoms. The Hall–Kier alpha value is -3.30. The molecule has 0 saturated carbocycles. The SMILES string of the molecule is O=C(Cc1ccc(Cl)cc1Cl)NCc1ccc2c(=O)n(C3CCC(=O)NC3=O)nnc2c1. The topological polar surface area (TPSA) is 123 Å². The van der Waals surface area contributed by atoms with Crippen molar-refractivity contribution in [2.24, 2.45) is 0 Å². The normalized spacial score (nSPS) is 16.1. The first-order chi connectivity index (χ1) is 15.3. The average molecular weight is 474 g/mol. The predicted molar refractivity (Wildman–Crippen MR) is 117 cm³/mol. The van der Waals surface area contributed by atoms with Crippen molar-refractivity contribution in [3.8, 4) is 0 Å². The van der Waals surface area contributed by atoms with Crippen LogP contribution >= 0.6 is 23.2 Å². The van der Waals surface area contributed by atoms with Crippen molar-refractivity contribution < 1.29 is 14.4 Å². The molecule has 32 heavy (non-hydrogen) atoms. The van der Waals surface area contributed by atoms with Gasteiger partial charge < -0.3 is 5.32 Å². The van der Waals surface area contributed by atoms with Gasteiger partial charge in [0.25, 0.3) is 11.5 Å². The number of nitrogens with zero attached hydrogens (tertiary/aromatic N) is 3. The van der Waals surface area contributed by atoms with E-state index in [4.69, 9.17) is 23.2 Å². The summed E-state index contributed by atoms with van der Waals surface area (Å²) in [5.74, 6) is -1.18. The summed E-state index contributed by atoms with van der Waals surface area (Å²) in [5.41, 5.74) is 1.25. The molecule has 11 heteroatoms. The highest BCUT2D eigenvalue weighted by Crippen LogP contribution is 2.21. The molecule has 1 aliphatic rings. The summed E-state index contributed by atoms with van der Waals surface area (Å²) in [6.07, 6.45) is 0.412. The number of piperidine rings is 1. The quantitative estimate of drug-likeness (QED) is 0.545. The zero-order valence-corrected chi connectivity index (χ0v) is 18.1. The number of halogens is 2. The summed E-state index contributed by atoms with van der Waals surface area (Å²) >= 11 is 12.0. The predicted octanol–water partition coefficient (Wildman–Crippen LogP) is 1.93. The third-order valence-electron chi connectivity index (χ3n) is 5.11. The smallest absolute Gasteiger partial charge is 0.278 e. The number of nitrogens with one attached hydrogen (secondary N) is 2. The summed E-state index contributed by atoms with van der Waals surface area (Å²) < 4.78 is 1.00. The Morgan fingerprint density at radius 3 is 2.72 bits per heavy atom. The number of rotatable bonds is 5. The second-order valence-electron chi connectivity index (χ2n) is 7.35. The van der Waals surface area contributed by atoms with Crippen molar-refractivity contribution >= 4 is 51.8 Å². The van der Waals surface area contributed by atoms with Crippen molar-refractivity contribution in [3.63, 3.8) is 0 Å². The molecule has 0 aliphatic carbocycles. The maximum Gasteiger partial charge on any atom is 0.278 e. The molecule has 1 aliphatic heterocycles. The Morgan fingerprint density at radius 1 is 1.16 bits per heavy atom. The molecule has 0 bridgehead atoms. The Bertz CT molecular complexity index is 1310. The molecular weight excluding hydrogens is 457 g/mol. The van der Waals surface area contributed by atoms with Crippen LogP contribution < -0.4 is 16.2 Å². The first kappa shape index (κ1) is 21.9. The van der Waals surface area contributed by atoms with Crippen LogP contribution in [0.15, 0.2) is 41.2 Å². The summed E-state index contributed by atoms with van der Waals surface area (Å²) in [4.78, 5) is 48.4. The summed E-state index contributed by atoms with van der Waals surface area (Å²) in [6.45, 7) is 0.220. The van der Waals surface area contributed by atoms with Gasteiger partial charge in [0.15, 0.2) is 0 Å². The van der Waals surface area contributed by atoms with Crippen LogP contribution in [0.3, 0.4) is 0 Å². The van der Waals surface area contributed by atoms with E-state index in [1.807, 2.05) is 0 Å². The molecule has 4 rings (SSSR count). The molecule has 1 fully saturated rings. The molecule has 3 aromatic rings. The zero-order chi connectivity index (χ0) is 22.8. The fraction of sp³-hybridized carbons (Fsp3) is 0.238. The van der Waals surface area contributed by atoms with Crippen LogP contribution in [0.5, 0.6) is 0 Å². The third-order valence-corrected chi connectivity index (χ3v) is 5.70. The lowest BCUT2D eigenvalue weighted by atomic mass is 10.1. The van der Waals surface area contributed by atoms with Crippen molar-refractivity contribution in [1.82, 2.24) is 25.6 Å². The monoisotopic (exact) mass is 473 g/mol. The van der Waals surface area contributed by atoms with Crippen molar-refractivity contribution in [2.75, 3.05) is 0 Å². The lowest BCUT2D eigenvalue weighted by molar-refractivity contribution is -0.136. The van der Waals surface area contributed by atoms with Crippen LogP contribution in [0.2, 0.25) is 10.0 Å². The van der Waals surface area contributed by atoms with Gasteiger partial charge >= 0.3 is 0 Å². The number of imide groups is 1. The van der Waals surface area contributed by atoms with E-state index in [9.17, 15) is 19.2 Å². The van der Waals surface area contributed by atoms with Crippen LogP contribution in [-0.2, 0) is 27.3 Å². The Balaban J connectivity index is 1.47. The van der Waals surface area contributed by atoms with Crippen LogP contribution in [0, 0.1) is 0 Å². The van der Waals surface area contributed by atoms with Crippen LogP contribution in [0.4, 0.5) is 0 Å². The number of amides is 3. The standard InChI is InChI=1S/C21H17Cl2N5O4/c22-13-3-2-12(15(23)9-13)8-19(30)24-10-11-1-4-14-16(7-11)26-27-28(21(14)32)17-5-6-18(29)25-20(17)31/h1-4,7,9,17H,5-6,8,10H2,(H,24,30)(H,25,29,31). The second kappa shape index (κ2) is 9.05. The van der Waals surface area contributed by atoms with Crippen molar-refractivity contribution in [3.05, 3.63) is 67.9 Å². The van der Waals surface area contributed by atoms with E-state index in [2.05, 4.69) is 20.9 Å². The Morgan fingerprint density at radius 2 is 1.97 bits per heavy atom. The van der Waals surface area contributed by atoms with Gasteiger partial charge in [0, 0.05) is 23.0 Å². The molecule has 1 atom stereocenters. The van der Waals surface area contributed by atoms with Gasteiger partial charge in [0.2, 0.25) is 11.8 Å². The van der Waals surface area contributed by atoms with Gasteiger partial charge in [-0.2, -0.15) is 4.68 Å². The van der Waals surface area contributed by atoms with E-state index in [0.29, 0.717) is 21.1 Å². The maximum atomic E-state index is 12.8. The van der Waals surface area contributed by atoms with Gasteiger partial charge in [-0.05, 0) is 41.8 Å². The van der Waals surface area contributed by atoms with Crippen LogP contribution in [0.1, 0.15) is 30.0 Å². The number of carbonyl (C=O) groups excluding carboxylic acids is 3. The zero-order valence-electron chi connectivity index (χ0n) is 16.6. The summed E-state index contributed by atoms with van der Waals surface area (Å²) in [6, 6.07) is 8.98. The highest BCUT2D eigenvalue weighted by molar-refractivity contribution is 6.35. The largest absolute Gasteiger partial charge is 0.352 e. The molecule has 3 amide bonds. The van der Waals surface area contributed by atoms with E-state index in [0.717, 1.165) is 10.2 Å². The number of aromatic nitrogens is 3. The van der Waals surface area contributed by atoms with Gasteiger partial charge in [0.1, 0.15) is 11.6 Å². The molecule has 1 saturated heterocycles. The number of carbonyl (C=O) groups is 3. The number of benzene rings is 2. The van der Waals surface area contributed by atoms with E-state index < -0.39 is 17.5 Å². The number of hydrogen-bond donors (Lipinski definition) is 2. The maximum absolute atomic E-state index is 12.8. The number of fused-ring (bicyclic) bond motifs is 1. The first-order valence-electron chi connectivity index (χ1n) is 9.74. The van der Waals surface area contributed by atoms with E-state index >= 15 is 0 Å². The fourth-order valence-corrected chi connectivity index (χ4v) is 3.91.